The van der Waals surface area contributed by atoms with Crippen molar-refractivity contribution in [3.63, 3.8) is 0 Å². The molecule has 72 valence electrons. The zero-order chi connectivity index (χ0) is 10.7. The van der Waals surface area contributed by atoms with Crippen molar-refractivity contribution in [3.8, 4) is 6.07 Å². The third kappa shape index (κ3) is 1.70. The lowest BCUT2D eigenvalue weighted by Crippen LogP contribution is -2.06. The van der Waals surface area contributed by atoms with Gasteiger partial charge in [0.1, 0.15) is 5.82 Å². The Morgan fingerprint density at radius 1 is 1.64 bits per heavy atom. The van der Waals surface area contributed by atoms with Crippen LogP contribution in [0.3, 0.4) is 0 Å². The Bertz CT molecular complexity index is 424. The van der Waals surface area contributed by atoms with E-state index in [1.54, 1.807) is 6.07 Å². The van der Waals surface area contributed by atoms with E-state index in [-0.39, 0.29) is 12.1 Å². The Morgan fingerprint density at radius 3 is 2.71 bits per heavy atom. The first-order chi connectivity index (χ1) is 6.60. The van der Waals surface area contributed by atoms with Crippen LogP contribution in [0.2, 0.25) is 0 Å². The number of halogens is 1. The van der Waals surface area contributed by atoms with Crippen molar-refractivity contribution in [2.75, 3.05) is 0 Å². The van der Waals surface area contributed by atoms with Gasteiger partial charge in [0, 0.05) is 6.54 Å². The second kappa shape index (κ2) is 3.85. The van der Waals surface area contributed by atoms with Gasteiger partial charge in [-0.15, -0.1) is 0 Å². The average molecular weight is 194 g/mol. The summed E-state index contributed by atoms with van der Waals surface area (Å²) in [5, 5.41) is 17.2. The Labute approximate surface area is 79.4 Å². The minimum Gasteiger partial charge on any atom is -0.478 e. The number of aromatic carboxylic acids is 1. The predicted octanol–water partition coefficient (Wildman–Crippen LogP) is 0.854. The van der Waals surface area contributed by atoms with E-state index in [1.807, 2.05) is 0 Å². The minimum atomic E-state index is -1.40. The first kappa shape index (κ1) is 10.2. The molecule has 0 atom stereocenters. The summed E-state index contributed by atoms with van der Waals surface area (Å²) in [5.74, 6) is -2.28. The summed E-state index contributed by atoms with van der Waals surface area (Å²) in [6.07, 6.45) is 0. The molecule has 0 aromatic heterocycles. The number of benzene rings is 1. The molecule has 3 N–H and O–H groups in total. The lowest BCUT2D eigenvalue weighted by molar-refractivity contribution is 0.0692. The quantitative estimate of drug-likeness (QED) is 0.730. The molecule has 0 radical (unpaired) electrons. The maximum atomic E-state index is 13.1. The third-order valence-corrected chi connectivity index (χ3v) is 1.76. The molecule has 0 saturated heterocycles. The molecule has 0 aliphatic carbocycles. The molecule has 0 heterocycles. The van der Waals surface area contributed by atoms with Crippen LogP contribution < -0.4 is 5.73 Å². The molecule has 0 amide bonds. The van der Waals surface area contributed by atoms with Crippen molar-refractivity contribution < 1.29 is 14.3 Å². The lowest BCUT2D eigenvalue weighted by atomic mass is 10.0. The first-order valence-electron chi connectivity index (χ1n) is 3.76. The molecule has 0 aliphatic heterocycles. The molecule has 0 fully saturated rings. The second-order valence-electron chi connectivity index (χ2n) is 2.61. The van der Waals surface area contributed by atoms with E-state index in [0.29, 0.717) is 5.56 Å². The molecule has 1 aromatic carbocycles. The SMILES string of the molecule is N#Cc1cc(C(=O)O)c(F)cc1CN. The van der Waals surface area contributed by atoms with E-state index in [2.05, 4.69) is 0 Å². The van der Waals surface area contributed by atoms with Crippen LogP contribution in [0.5, 0.6) is 0 Å². The number of rotatable bonds is 2. The molecule has 5 heteroatoms. The van der Waals surface area contributed by atoms with Gasteiger partial charge in [0.15, 0.2) is 0 Å². The molecule has 14 heavy (non-hydrogen) atoms. The number of hydrogen-bond donors (Lipinski definition) is 2. The van der Waals surface area contributed by atoms with Crippen molar-refractivity contribution in [2.45, 2.75) is 6.54 Å². The van der Waals surface area contributed by atoms with Crippen molar-refractivity contribution in [1.82, 2.24) is 0 Å². The molecule has 1 aromatic rings. The molecule has 0 spiro atoms. The number of nitrogens with two attached hydrogens (primary N) is 1. The van der Waals surface area contributed by atoms with Crippen molar-refractivity contribution >= 4 is 5.97 Å². The van der Waals surface area contributed by atoms with Crippen molar-refractivity contribution in [1.29, 1.82) is 5.26 Å². The number of carboxylic acid groups (broad SMARTS) is 1. The maximum Gasteiger partial charge on any atom is 0.338 e. The van der Waals surface area contributed by atoms with Crippen LogP contribution in [-0.2, 0) is 6.54 Å². The molecule has 4 nitrogen and oxygen atoms in total. The van der Waals surface area contributed by atoms with Crippen LogP contribution >= 0.6 is 0 Å². The minimum absolute atomic E-state index is 0.000285. The molecule has 0 bridgehead atoms. The van der Waals surface area contributed by atoms with Gasteiger partial charge >= 0.3 is 5.97 Å². The average Bonchev–Trinajstić information content (AvgIpc) is 2.16. The normalized spacial score (nSPS) is 9.50. The van der Waals surface area contributed by atoms with Crippen LogP contribution in [-0.4, -0.2) is 11.1 Å². The summed E-state index contributed by atoms with van der Waals surface area (Å²) in [7, 11) is 0. The van der Waals surface area contributed by atoms with Crippen LogP contribution in [0.4, 0.5) is 4.39 Å². The van der Waals surface area contributed by atoms with Gasteiger partial charge in [-0.3, -0.25) is 0 Å². The van der Waals surface area contributed by atoms with E-state index in [1.165, 1.54) is 0 Å². The van der Waals surface area contributed by atoms with E-state index in [0.717, 1.165) is 12.1 Å². The fraction of sp³-hybridized carbons (Fsp3) is 0.111. The van der Waals surface area contributed by atoms with Gasteiger partial charge < -0.3 is 10.8 Å². The van der Waals surface area contributed by atoms with Crippen LogP contribution in [0.15, 0.2) is 12.1 Å². The lowest BCUT2D eigenvalue weighted by Gasteiger charge is -2.03. The molecule has 0 unspecified atom stereocenters. The second-order valence-corrected chi connectivity index (χ2v) is 2.61. The van der Waals surface area contributed by atoms with E-state index in [4.69, 9.17) is 16.1 Å². The van der Waals surface area contributed by atoms with Gasteiger partial charge in [0.2, 0.25) is 0 Å². The van der Waals surface area contributed by atoms with Crippen LogP contribution in [0.1, 0.15) is 21.5 Å². The number of nitrogens with zero attached hydrogens (tertiary/aromatic N) is 1. The Kier molecular flexibility index (Phi) is 2.79. The fourth-order valence-electron chi connectivity index (χ4n) is 1.05. The molecular formula is C9H7FN2O2. The highest BCUT2D eigenvalue weighted by atomic mass is 19.1. The summed E-state index contributed by atoms with van der Waals surface area (Å²) in [6.45, 7) is -0.000285. The number of nitriles is 1. The zero-order valence-corrected chi connectivity index (χ0v) is 7.12. The van der Waals surface area contributed by atoms with Gasteiger partial charge in [-0.1, -0.05) is 0 Å². The van der Waals surface area contributed by atoms with Gasteiger partial charge in [0.25, 0.3) is 0 Å². The van der Waals surface area contributed by atoms with Crippen LogP contribution in [0.25, 0.3) is 0 Å². The molecule has 0 saturated carbocycles. The molecule has 1 rings (SSSR count). The summed E-state index contributed by atoms with van der Waals surface area (Å²) in [6, 6.07) is 3.72. The highest BCUT2D eigenvalue weighted by Gasteiger charge is 2.13. The van der Waals surface area contributed by atoms with Gasteiger partial charge in [-0.05, 0) is 17.7 Å². The summed E-state index contributed by atoms with van der Waals surface area (Å²) >= 11 is 0. The smallest absolute Gasteiger partial charge is 0.338 e. The highest BCUT2D eigenvalue weighted by molar-refractivity contribution is 5.88. The number of hydrogen-bond acceptors (Lipinski definition) is 3. The fourth-order valence-corrected chi connectivity index (χ4v) is 1.05. The first-order valence-corrected chi connectivity index (χ1v) is 3.76. The Hall–Kier alpha value is -1.93. The van der Waals surface area contributed by atoms with E-state index < -0.39 is 17.3 Å². The third-order valence-electron chi connectivity index (χ3n) is 1.76. The topological polar surface area (TPSA) is 87.1 Å². The maximum absolute atomic E-state index is 13.1. The van der Waals surface area contributed by atoms with Gasteiger partial charge in [0.05, 0.1) is 17.2 Å². The molecule has 0 aliphatic rings. The summed E-state index contributed by atoms with van der Waals surface area (Å²) < 4.78 is 13.1. The number of carboxylic acids is 1. The van der Waals surface area contributed by atoms with E-state index in [9.17, 15) is 9.18 Å². The molecular weight excluding hydrogens is 187 g/mol. The Balaban J connectivity index is 3.40. The standard InChI is InChI=1S/C9H7FN2O2/c10-8-2-6(4-12)5(3-11)1-7(8)9(13)14/h1-2H,4,12H2,(H,13,14). The predicted molar refractivity (Wildman–Crippen MR) is 46.0 cm³/mol. The van der Waals surface area contributed by atoms with Crippen molar-refractivity contribution in [2.24, 2.45) is 5.73 Å². The zero-order valence-electron chi connectivity index (χ0n) is 7.12. The highest BCUT2D eigenvalue weighted by Crippen LogP contribution is 2.15. The van der Waals surface area contributed by atoms with Gasteiger partial charge in [-0.25, -0.2) is 9.18 Å². The number of carbonyl (C=O) groups is 1. The Morgan fingerprint density at radius 2 is 2.29 bits per heavy atom. The monoisotopic (exact) mass is 194 g/mol. The van der Waals surface area contributed by atoms with Crippen LogP contribution in [0, 0.1) is 17.1 Å². The van der Waals surface area contributed by atoms with Crippen molar-refractivity contribution in [3.05, 3.63) is 34.6 Å². The largest absolute Gasteiger partial charge is 0.478 e. The summed E-state index contributed by atoms with van der Waals surface area (Å²) in [4.78, 5) is 10.5. The van der Waals surface area contributed by atoms with Gasteiger partial charge in [-0.2, -0.15) is 5.26 Å². The van der Waals surface area contributed by atoms with E-state index >= 15 is 0 Å². The summed E-state index contributed by atoms with van der Waals surface area (Å²) in [5.41, 5.74) is 5.13.